The van der Waals surface area contributed by atoms with Crippen molar-refractivity contribution in [2.75, 3.05) is 18.0 Å². The Morgan fingerprint density at radius 1 is 1.08 bits per heavy atom. The number of amides is 1. The highest BCUT2D eigenvalue weighted by Gasteiger charge is 2.50. The van der Waals surface area contributed by atoms with E-state index in [0.29, 0.717) is 29.8 Å². The van der Waals surface area contributed by atoms with Crippen molar-refractivity contribution in [1.29, 1.82) is 0 Å². The Hall–Kier alpha value is -1.52. The highest BCUT2D eigenvalue weighted by Crippen LogP contribution is 2.45. The van der Waals surface area contributed by atoms with E-state index in [9.17, 15) is 4.79 Å². The maximum absolute atomic E-state index is 12.9. The quantitative estimate of drug-likeness (QED) is 0.824. The highest BCUT2D eigenvalue weighted by atomic mass is 16.4. The summed E-state index contributed by atoms with van der Waals surface area (Å²) in [7, 11) is 0. The molecule has 5 heteroatoms. The van der Waals surface area contributed by atoms with E-state index < -0.39 is 0 Å². The lowest BCUT2D eigenvalue weighted by atomic mass is 9.69. The smallest absolute Gasteiger partial charge is 0.297 e. The topological polar surface area (TPSA) is 49.6 Å². The van der Waals surface area contributed by atoms with Crippen LogP contribution in [-0.4, -0.2) is 41.0 Å². The van der Waals surface area contributed by atoms with Crippen LogP contribution in [0, 0.1) is 17.8 Å². The van der Waals surface area contributed by atoms with Gasteiger partial charge in [-0.15, -0.1) is 0 Å². The molecule has 0 unspecified atom stereocenters. The molecule has 2 bridgehead atoms. The minimum absolute atomic E-state index is 0.432. The zero-order chi connectivity index (χ0) is 17.5. The maximum atomic E-state index is 12.9. The number of rotatable bonds is 3. The molecule has 3 saturated heterocycles. The van der Waals surface area contributed by atoms with Crippen molar-refractivity contribution < 1.29 is 9.21 Å². The van der Waals surface area contributed by atoms with E-state index in [0.717, 1.165) is 37.9 Å². The standard InChI is InChI=1S/C21H31N3O2/c25-20-8-4-7-18-16-12-17(14-23(13-16)21-22-9-10-26-21)19(24(18)20)11-15-5-2-1-3-6-15/h9-10,15-19H,1-8,11-14H2/t16-,17+,18+,19+/m1/s1. The van der Waals surface area contributed by atoms with Gasteiger partial charge in [0.2, 0.25) is 5.91 Å². The summed E-state index contributed by atoms with van der Waals surface area (Å²) in [6.45, 7) is 1.98. The molecule has 1 aromatic heterocycles. The first-order chi connectivity index (χ1) is 12.8. The predicted octanol–water partition coefficient (Wildman–Crippen LogP) is 3.85. The van der Waals surface area contributed by atoms with Gasteiger partial charge in [-0.3, -0.25) is 4.79 Å². The van der Waals surface area contributed by atoms with Crippen molar-refractivity contribution in [1.82, 2.24) is 9.88 Å². The van der Waals surface area contributed by atoms with E-state index in [2.05, 4.69) is 14.8 Å². The number of nitrogens with zero attached hydrogens (tertiary/aromatic N) is 3. The van der Waals surface area contributed by atoms with Gasteiger partial charge in [0.15, 0.2) is 0 Å². The van der Waals surface area contributed by atoms with Crippen LogP contribution in [0.25, 0.3) is 0 Å². The molecule has 4 fully saturated rings. The van der Waals surface area contributed by atoms with Gasteiger partial charge in [-0.05, 0) is 43.4 Å². The van der Waals surface area contributed by atoms with Gasteiger partial charge in [-0.1, -0.05) is 32.1 Å². The van der Waals surface area contributed by atoms with Gasteiger partial charge in [0.1, 0.15) is 6.26 Å². The van der Waals surface area contributed by atoms with Crippen LogP contribution in [0.4, 0.5) is 6.01 Å². The van der Waals surface area contributed by atoms with E-state index in [-0.39, 0.29) is 0 Å². The average molecular weight is 357 g/mol. The fraction of sp³-hybridized carbons (Fsp3) is 0.810. The molecule has 1 amide bonds. The largest absolute Gasteiger partial charge is 0.432 e. The summed E-state index contributed by atoms with van der Waals surface area (Å²) in [5.74, 6) is 2.40. The van der Waals surface area contributed by atoms with E-state index in [4.69, 9.17) is 4.42 Å². The molecule has 4 heterocycles. The van der Waals surface area contributed by atoms with Crippen molar-refractivity contribution >= 4 is 11.9 Å². The molecule has 0 spiro atoms. The van der Waals surface area contributed by atoms with Crippen molar-refractivity contribution in [3.05, 3.63) is 12.5 Å². The van der Waals surface area contributed by atoms with Gasteiger partial charge >= 0.3 is 0 Å². The third kappa shape index (κ3) is 2.93. The lowest BCUT2D eigenvalue weighted by Gasteiger charge is -2.57. The van der Waals surface area contributed by atoms with Crippen LogP contribution in [0.3, 0.4) is 0 Å². The molecule has 3 aliphatic heterocycles. The predicted molar refractivity (Wildman–Crippen MR) is 99.8 cm³/mol. The second kappa shape index (κ2) is 6.90. The Labute approximate surface area is 156 Å². The fourth-order valence-electron chi connectivity index (χ4n) is 6.37. The zero-order valence-electron chi connectivity index (χ0n) is 15.7. The maximum Gasteiger partial charge on any atom is 0.297 e. The lowest BCUT2D eigenvalue weighted by molar-refractivity contribution is -0.149. The number of hydrogen-bond donors (Lipinski definition) is 0. The van der Waals surface area contributed by atoms with E-state index >= 15 is 0 Å². The number of carbonyl (C=O) groups excluding carboxylic acids is 1. The van der Waals surface area contributed by atoms with Crippen LogP contribution in [-0.2, 0) is 4.79 Å². The summed E-state index contributed by atoms with van der Waals surface area (Å²) in [5.41, 5.74) is 0. The summed E-state index contributed by atoms with van der Waals surface area (Å²) in [4.78, 5) is 22.0. The van der Waals surface area contributed by atoms with Gasteiger partial charge in [-0.25, -0.2) is 4.98 Å². The molecule has 1 aliphatic carbocycles. The van der Waals surface area contributed by atoms with Gasteiger partial charge in [0, 0.05) is 31.6 Å². The lowest BCUT2D eigenvalue weighted by Crippen LogP contribution is -2.65. The minimum Gasteiger partial charge on any atom is -0.432 e. The molecule has 0 radical (unpaired) electrons. The highest BCUT2D eigenvalue weighted by molar-refractivity contribution is 5.78. The van der Waals surface area contributed by atoms with Crippen molar-refractivity contribution in [3.8, 4) is 0 Å². The molecule has 0 aromatic carbocycles. The Morgan fingerprint density at radius 2 is 1.92 bits per heavy atom. The zero-order valence-corrected chi connectivity index (χ0v) is 15.7. The first-order valence-corrected chi connectivity index (χ1v) is 10.7. The third-order valence-corrected chi connectivity index (χ3v) is 7.49. The molecular formula is C21H31N3O2. The molecular weight excluding hydrogens is 326 g/mol. The summed E-state index contributed by atoms with van der Waals surface area (Å²) in [5, 5.41) is 0. The summed E-state index contributed by atoms with van der Waals surface area (Å²) in [6, 6.07) is 1.65. The SMILES string of the molecule is O=C1CCC[C@H]2[C@@H]3C[C@@H](CN(c4ncco4)C3)[C@H](CC3CCCCC3)N12. The number of carbonyl (C=O) groups is 1. The van der Waals surface area contributed by atoms with Crippen LogP contribution in [0.5, 0.6) is 0 Å². The number of piperidine rings is 3. The third-order valence-electron chi connectivity index (χ3n) is 7.49. The monoisotopic (exact) mass is 357 g/mol. The molecule has 5 rings (SSSR count). The molecule has 5 nitrogen and oxygen atoms in total. The number of anilines is 1. The second-order valence-electron chi connectivity index (χ2n) is 9.04. The summed E-state index contributed by atoms with van der Waals surface area (Å²) >= 11 is 0. The minimum atomic E-state index is 0.432. The first kappa shape index (κ1) is 16.6. The normalized spacial score (nSPS) is 35.5. The molecule has 1 saturated carbocycles. The number of oxazole rings is 1. The van der Waals surface area contributed by atoms with Gasteiger partial charge in [0.05, 0.1) is 6.20 Å². The molecule has 1 aromatic rings. The first-order valence-electron chi connectivity index (χ1n) is 10.7. The summed E-state index contributed by atoms with van der Waals surface area (Å²) < 4.78 is 5.61. The Morgan fingerprint density at radius 3 is 2.73 bits per heavy atom. The molecule has 4 atom stereocenters. The van der Waals surface area contributed by atoms with Crippen LogP contribution < -0.4 is 4.90 Å². The Kier molecular flexibility index (Phi) is 4.41. The fourth-order valence-corrected chi connectivity index (χ4v) is 6.37. The van der Waals surface area contributed by atoms with Crippen LogP contribution in [0.2, 0.25) is 0 Å². The van der Waals surface area contributed by atoms with Gasteiger partial charge in [0.25, 0.3) is 6.01 Å². The Balaban J connectivity index is 1.41. The average Bonchev–Trinajstić information content (AvgIpc) is 3.21. The number of fused-ring (bicyclic) bond motifs is 4. The molecule has 26 heavy (non-hydrogen) atoms. The van der Waals surface area contributed by atoms with Gasteiger partial charge in [-0.2, -0.15) is 0 Å². The van der Waals surface area contributed by atoms with E-state index in [1.54, 1.807) is 12.5 Å². The molecule has 0 N–H and O–H groups in total. The van der Waals surface area contributed by atoms with Crippen LogP contribution in [0.15, 0.2) is 16.9 Å². The van der Waals surface area contributed by atoms with Crippen LogP contribution in [0.1, 0.15) is 64.2 Å². The van der Waals surface area contributed by atoms with Crippen LogP contribution >= 0.6 is 0 Å². The number of hydrogen-bond acceptors (Lipinski definition) is 4. The number of aromatic nitrogens is 1. The molecule has 142 valence electrons. The Bertz CT molecular complexity index is 625. The van der Waals surface area contributed by atoms with Gasteiger partial charge < -0.3 is 14.2 Å². The van der Waals surface area contributed by atoms with E-state index in [1.807, 2.05) is 0 Å². The summed E-state index contributed by atoms with van der Waals surface area (Å²) in [6.07, 6.45) is 15.8. The molecule has 4 aliphatic rings. The van der Waals surface area contributed by atoms with Crippen molar-refractivity contribution in [3.63, 3.8) is 0 Å². The van der Waals surface area contributed by atoms with Crippen molar-refractivity contribution in [2.45, 2.75) is 76.3 Å². The van der Waals surface area contributed by atoms with E-state index in [1.165, 1.54) is 51.4 Å². The van der Waals surface area contributed by atoms with Crippen molar-refractivity contribution in [2.24, 2.45) is 17.8 Å². The second-order valence-corrected chi connectivity index (χ2v) is 9.04.